The molecule has 1 aromatic rings. The van der Waals surface area contributed by atoms with Crippen LogP contribution in [0.4, 0.5) is 0 Å². The summed E-state index contributed by atoms with van der Waals surface area (Å²) in [7, 11) is 1.52. The lowest BCUT2D eigenvalue weighted by molar-refractivity contribution is -0.140. The highest BCUT2D eigenvalue weighted by Gasteiger charge is 2.55. The molecule has 1 heterocycles. The lowest BCUT2D eigenvalue weighted by atomic mass is 10.1. The highest BCUT2D eigenvalue weighted by Crippen LogP contribution is 2.62. The van der Waals surface area contributed by atoms with E-state index in [-0.39, 0.29) is 6.42 Å². The molecular weight excluding hydrogens is 248 g/mol. The Labute approximate surface area is 110 Å². The second kappa shape index (κ2) is 4.88. The first-order valence-corrected chi connectivity index (χ1v) is 6.71. The van der Waals surface area contributed by atoms with E-state index in [0.29, 0.717) is 12.5 Å². The molecule has 0 aromatic carbocycles. The fourth-order valence-corrected chi connectivity index (χ4v) is 3.39. The SMILES string of the molecule is COC(CC(=O)O)Cn1nnnc1C1C2CCCC21. The molecule has 0 aliphatic heterocycles. The van der Waals surface area contributed by atoms with Crippen molar-refractivity contribution in [2.45, 2.75) is 44.2 Å². The normalized spacial score (nSPS) is 30.1. The fraction of sp³-hybridized carbons (Fsp3) is 0.833. The Bertz CT molecular complexity index is 465. The van der Waals surface area contributed by atoms with Gasteiger partial charge in [-0.3, -0.25) is 4.79 Å². The van der Waals surface area contributed by atoms with Gasteiger partial charge in [0, 0.05) is 13.0 Å². The van der Waals surface area contributed by atoms with Gasteiger partial charge in [0.2, 0.25) is 0 Å². The van der Waals surface area contributed by atoms with E-state index < -0.39 is 12.1 Å². The highest BCUT2D eigenvalue weighted by atomic mass is 16.5. The summed E-state index contributed by atoms with van der Waals surface area (Å²) in [5, 5.41) is 20.7. The minimum atomic E-state index is -0.871. The van der Waals surface area contributed by atoms with Gasteiger partial charge >= 0.3 is 5.97 Å². The van der Waals surface area contributed by atoms with Crippen molar-refractivity contribution in [3.05, 3.63) is 5.82 Å². The molecule has 1 N–H and O–H groups in total. The van der Waals surface area contributed by atoms with E-state index in [1.165, 1.54) is 26.4 Å². The maximum absolute atomic E-state index is 10.7. The van der Waals surface area contributed by atoms with E-state index in [2.05, 4.69) is 15.5 Å². The van der Waals surface area contributed by atoms with Crippen LogP contribution >= 0.6 is 0 Å². The summed E-state index contributed by atoms with van der Waals surface area (Å²) in [5.41, 5.74) is 0. The Morgan fingerprint density at radius 2 is 2.26 bits per heavy atom. The van der Waals surface area contributed by atoms with Crippen LogP contribution in [0, 0.1) is 11.8 Å². The third kappa shape index (κ3) is 2.34. The Hall–Kier alpha value is -1.50. The standard InChI is InChI=1S/C12H18N4O3/c1-19-7(5-10(17)18)6-16-12(13-14-15-16)11-8-3-2-4-9(8)11/h7-9,11H,2-6H2,1H3,(H,17,18). The Morgan fingerprint density at radius 1 is 1.53 bits per heavy atom. The number of tetrazole rings is 1. The van der Waals surface area contributed by atoms with E-state index in [4.69, 9.17) is 9.84 Å². The number of aromatic nitrogens is 4. The largest absolute Gasteiger partial charge is 0.481 e. The van der Waals surface area contributed by atoms with Crippen LogP contribution in [0.5, 0.6) is 0 Å². The summed E-state index contributed by atoms with van der Waals surface area (Å²) >= 11 is 0. The monoisotopic (exact) mass is 266 g/mol. The number of carboxylic acid groups (broad SMARTS) is 1. The van der Waals surface area contributed by atoms with Crippen LogP contribution in [-0.4, -0.2) is 44.5 Å². The number of hydrogen-bond donors (Lipinski definition) is 1. The van der Waals surface area contributed by atoms with Crippen molar-refractivity contribution in [3.63, 3.8) is 0 Å². The first kappa shape index (κ1) is 12.5. The lowest BCUT2D eigenvalue weighted by Crippen LogP contribution is -2.24. The number of carbonyl (C=O) groups is 1. The molecule has 0 radical (unpaired) electrons. The van der Waals surface area contributed by atoms with Gasteiger partial charge in [-0.25, -0.2) is 4.68 Å². The van der Waals surface area contributed by atoms with Gasteiger partial charge in [0.05, 0.1) is 19.1 Å². The van der Waals surface area contributed by atoms with Crippen LogP contribution in [0.25, 0.3) is 0 Å². The van der Waals surface area contributed by atoms with Crippen LogP contribution in [0.15, 0.2) is 0 Å². The van der Waals surface area contributed by atoms with Crippen molar-refractivity contribution in [1.82, 2.24) is 20.2 Å². The number of rotatable bonds is 6. The average molecular weight is 266 g/mol. The van der Waals surface area contributed by atoms with Gasteiger partial charge in [-0.15, -0.1) is 5.10 Å². The molecule has 2 aliphatic rings. The maximum atomic E-state index is 10.7. The molecule has 2 aliphatic carbocycles. The van der Waals surface area contributed by atoms with Crippen molar-refractivity contribution in [2.75, 3.05) is 7.11 Å². The molecule has 2 saturated carbocycles. The van der Waals surface area contributed by atoms with Gasteiger partial charge in [0.15, 0.2) is 5.82 Å². The Morgan fingerprint density at radius 3 is 2.89 bits per heavy atom. The van der Waals surface area contributed by atoms with Gasteiger partial charge < -0.3 is 9.84 Å². The zero-order chi connectivity index (χ0) is 13.4. The number of hydrogen-bond acceptors (Lipinski definition) is 5. The molecule has 104 valence electrons. The van der Waals surface area contributed by atoms with Gasteiger partial charge in [-0.05, 0) is 35.1 Å². The van der Waals surface area contributed by atoms with Crippen molar-refractivity contribution in [2.24, 2.45) is 11.8 Å². The molecule has 7 nitrogen and oxygen atoms in total. The van der Waals surface area contributed by atoms with Gasteiger partial charge in [-0.2, -0.15) is 0 Å². The van der Waals surface area contributed by atoms with Crippen molar-refractivity contribution in [3.8, 4) is 0 Å². The van der Waals surface area contributed by atoms with Crippen LogP contribution < -0.4 is 0 Å². The molecule has 1 aromatic heterocycles. The number of carboxylic acids is 1. The van der Waals surface area contributed by atoms with Crippen molar-refractivity contribution >= 4 is 5.97 Å². The second-order valence-corrected chi connectivity index (χ2v) is 5.46. The predicted molar refractivity (Wildman–Crippen MR) is 64.4 cm³/mol. The number of aliphatic carboxylic acids is 1. The summed E-state index contributed by atoms with van der Waals surface area (Å²) in [6, 6.07) is 0. The molecule has 3 rings (SSSR count). The van der Waals surface area contributed by atoms with Gasteiger partial charge in [0.25, 0.3) is 0 Å². The zero-order valence-electron chi connectivity index (χ0n) is 10.9. The van der Waals surface area contributed by atoms with E-state index >= 15 is 0 Å². The van der Waals surface area contributed by atoms with E-state index in [1.807, 2.05) is 0 Å². The first-order valence-electron chi connectivity index (χ1n) is 6.71. The predicted octanol–water partition coefficient (Wildman–Crippen LogP) is 0.676. The quantitative estimate of drug-likeness (QED) is 0.814. The van der Waals surface area contributed by atoms with Crippen LogP contribution in [-0.2, 0) is 16.1 Å². The topological polar surface area (TPSA) is 90.1 Å². The second-order valence-electron chi connectivity index (χ2n) is 5.46. The zero-order valence-corrected chi connectivity index (χ0v) is 10.9. The molecular formula is C12H18N4O3. The van der Waals surface area contributed by atoms with Gasteiger partial charge in [0.1, 0.15) is 0 Å². The molecule has 3 unspecified atom stereocenters. The third-order valence-electron chi connectivity index (χ3n) is 4.38. The van der Waals surface area contributed by atoms with Crippen LogP contribution in [0.2, 0.25) is 0 Å². The maximum Gasteiger partial charge on any atom is 0.306 e. The van der Waals surface area contributed by atoms with Crippen molar-refractivity contribution in [1.29, 1.82) is 0 Å². The molecule has 2 fully saturated rings. The first-order chi connectivity index (χ1) is 9.20. The molecule has 7 heteroatoms. The Balaban J connectivity index is 1.68. The minimum absolute atomic E-state index is 0.0344. The summed E-state index contributed by atoms with van der Waals surface area (Å²) in [6.45, 7) is 0.404. The molecule has 0 bridgehead atoms. The highest BCUT2D eigenvalue weighted by molar-refractivity contribution is 5.67. The minimum Gasteiger partial charge on any atom is -0.481 e. The summed E-state index contributed by atoms with van der Waals surface area (Å²) < 4.78 is 6.91. The van der Waals surface area contributed by atoms with Crippen LogP contribution in [0.1, 0.15) is 37.4 Å². The lowest BCUT2D eigenvalue weighted by Gasteiger charge is -2.14. The summed E-state index contributed by atoms with van der Waals surface area (Å²) in [5.74, 6) is 1.99. The number of fused-ring (bicyclic) bond motifs is 1. The number of nitrogens with zero attached hydrogens (tertiary/aromatic N) is 4. The van der Waals surface area contributed by atoms with E-state index in [0.717, 1.165) is 17.7 Å². The molecule has 19 heavy (non-hydrogen) atoms. The van der Waals surface area contributed by atoms with Crippen molar-refractivity contribution < 1.29 is 14.6 Å². The smallest absolute Gasteiger partial charge is 0.306 e. The van der Waals surface area contributed by atoms with E-state index in [1.54, 1.807) is 4.68 Å². The number of methoxy groups -OCH3 is 1. The molecule has 3 atom stereocenters. The third-order valence-corrected chi connectivity index (χ3v) is 4.38. The van der Waals surface area contributed by atoms with E-state index in [9.17, 15) is 4.79 Å². The fourth-order valence-electron chi connectivity index (χ4n) is 3.39. The molecule has 0 spiro atoms. The van der Waals surface area contributed by atoms with Crippen LogP contribution in [0.3, 0.4) is 0 Å². The Kier molecular flexibility index (Phi) is 3.22. The number of ether oxygens (including phenoxy) is 1. The molecule has 0 saturated heterocycles. The van der Waals surface area contributed by atoms with Gasteiger partial charge in [-0.1, -0.05) is 6.42 Å². The molecule has 0 amide bonds. The summed E-state index contributed by atoms with van der Waals surface area (Å²) in [6.07, 6.45) is 3.43. The summed E-state index contributed by atoms with van der Waals surface area (Å²) in [4.78, 5) is 10.7. The average Bonchev–Trinajstić information content (AvgIpc) is 2.80.